The first kappa shape index (κ1) is 18.5. The lowest BCUT2D eigenvalue weighted by molar-refractivity contribution is 0.227. The van der Waals surface area contributed by atoms with Crippen molar-refractivity contribution in [1.82, 2.24) is 10.2 Å². The molecule has 0 bridgehead atoms. The first-order chi connectivity index (χ1) is 12.7. The second kappa shape index (κ2) is 8.92. The van der Waals surface area contributed by atoms with Gasteiger partial charge in [0.2, 0.25) is 0 Å². The fourth-order valence-corrected chi connectivity index (χ4v) is 3.48. The molecule has 3 rings (SSSR count). The summed E-state index contributed by atoms with van der Waals surface area (Å²) in [5.74, 6) is 0.829. The number of nitrogens with zero attached hydrogens (tertiary/aromatic N) is 1. The van der Waals surface area contributed by atoms with Gasteiger partial charge in [-0.1, -0.05) is 29.8 Å². The Morgan fingerprint density at radius 1 is 1.19 bits per heavy atom. The van der Waals surface area contributed by atoms with E-state index in [4.69, 9.17) is 16.3 Å². The molecule has 6 heteroatoms. The summed E-state index contributed by atoms with van der Waals surface area (Å²) < 4.78 is 5.35. The van der Waals surface area contributed by atoms with Crippen LogP contribution in [0.4, 0.5) is 10.5 Å². The number of anilines is 1. The Hall–Kier alpha value is -2.24. The van der Waals surface area contributed by atoms with Crippen molar-refractivity contribution in [3.8, 4) is 5.75 Å². The van der Waals surface area contributed by atoms with Crippen molar-refractivity contribution in [3.05, 3.63) is 59.1 Å². The normalized spacial score (nSPS) is 15.5. The number of ether oxygens (including phenoxy) is 1. The molecule has 0 aliphatic carbocycles. The number of urea groups is 1. The van der Waals surface area contributed by atoms with Gasteiger partial charge in [0, 0.05) is 17.3 Å². The van der Waals surface area contributed by atoms with Gasteiger partial charge in [-0.2, -0.15) is 0 Å². The summed E-state index contributed by atoms with van der Waals surface area (Å²) in [5, 5.41) is 6.40. The van der Waals surface area contributed by atoms with Gasteiger partial charge in [0.1, 0.15) is 5.75 Å². The number of halogens is 1. The van der Waals surface area contributed by atoms with E-state index in [9.17, 15) is 4.79 Å². The summed E-state index contributed by atoms with van der Waals surface area (Å²) >= 11 is 5.96. The maximum absolute atomic E-state index is 12.3. The van der Waals surface area contributed by atoms with Crippen molar-refractivity contribution in [1.29, 1.82) is 0 Å². The van der Waals surface area contributed by atoms with E-state index >= 15 is 0 Å². The predicted octanol–water partition coefficient (Wildman–Crippen LogP) is 4.31. The maximum Gasteiger partial charge on any atom is 0.319 e. The summed E-state index contributed by atoms with van der Waals surface area (Å²) in [6, 6.07) is 15.1. The minimum absolute atomic E-state index is 0.123. The molecule has 1 atom stereocenters. The van der Waals surface area contributed by atoms with Crippen LogP contribution in [0.25, 0.3) is 0 Å². The van der Waals surface area contributed by atoms with Crippen LogP contribution < -0.4 is 15.4 Å². The van der Waals surface area contributed by atoms with Crippen molar-refractivity contribution in [2.24, 2.45) is 0 Å². The molecule has 138 valence electrons. The van der Waals surface area contributed by atoms with Crippen molar-refractivity contribution in [2.45, 2.75) is 18.9 Å². The second-order valence-electron chi connectivity index (χ2n) is 6.38. The Kier molecular flexibility index (Phi) is 6.36. The molecule has 0 saturated carbocycles. The summed E-state index contributed by atoms with van der Waals surface area (Å²) in [4.78, 5) is 14.7. The predicted molar refractivity (Wildman–Crippen MR) is 105 cm³/mol. The third-order valence-corrected chi connectivity index (χ3v) is 4.83. The van der Waals surface area contributed by atoms with Crippen LogP contribution in [0, 0.1) is 0 Å². The second-order valence-corrected chi connectivity index (χ2v) is 6.82. The highest BCUT2D eigenvalue weighted by molar-refractivity contribution is 6.30. The zero-order valence-electron chi connectivity index (χ0n) is 14.9. The molecule has 1 unspecified atom stereocenters. The summed E-state index contributed by atoms with van der Waals surface area (Å²) in [6.45, 7) is 2.61. The Morgan fingerprint density at radius 3 is 2.69 bits per heavy atom. The average Bonchev–Trinajstić information content (AvgIpc) is 3.16. The molecule has 1 aliphatic rings. The molecule has 1 aliphatic heterocycles. The summed E-state index contributed by atoms with van der Waals surface area (Å²) in [6.07, 6.45) is 2.38. The molecule has 1 fully saturated rings. The largest absolute Gasteiger partial charge is 0.497 e. The molecule has 2 amide bonds. The van der Waals surface area contributed by atoms with Crippen LogP contribution in [0.1, 0.15) is 24.4 Å². The van der Waals surface area contributed by atoms with Crippen LogP contribution in [0.2, 0.25) is 5.02 Å². The summed E-state index contributed by atoms with van der Waals surface area (Å²) in [5.41, 5.74) is 1.82. The number of likely N-dealkylation sites (tertiary alicyclic amines) is 1. The van der Waals surface area contributed by atoms with Gasteiger partial charge in [-0.3, -0.25) is 4.90 Å². The van der Waals surface area contributed by atoms with Gasteiger partial charge in [0.15, 0.2) is 0 Å². The lowest BCUT2D eigenvalue weighted by atomic mass is 10.1. The first-order valence-electron chi connectivity index (χ1n) is 8.84. The number of hydrogen-bond donors (Lipinski definition) is 2. The van der Waals surface area contributed by atoms with Crippen LogP contribution in [-0.2, 0) is 0 Å². The van der Waals surface area contributed by atoms with Crippen LogP contribution in [0.5, 0.6) is 5.75 Å². The first-order valence-corrected chi connectivity index (χ1v) is 9.22. The Labute approximate surface area is 159 Å². The smallest absolute Gasteiger partial charge is 0.319 e. The number of benzene rings is 2. The van der Waals surface area contributed by atoms with E-state index < -0.39 is 0 Å². The molecule has 26 heavy (non-hydrogen) atoms. The van der Waals surface area contributed by atoms with E-state index in [1.54, 1.807) is 25.3 Å². The molecular formula is C20H24ClN3O2. The number of carbonyl (C=O) groups is 1. The van der Waals surface area contributed by atoms with E-state index in [0.29, 0.717) is 17.3 Å². The average molecular weight is 374 g/mol. The standard InChI is InChI=1S/C20H24ClN3O2/c1-26-18-9-4-6-15(12-18)19(24-10-2-3-11-24)14-22-20(25)23-17-8-5-7-16(21)13-17/h4-9,12-13,19H,2-3,10-11,14H2,1H3,(H2,22,23,25). The van der Waals surface area contributed by atoms with Gasteiger partial charge >= 0.3 is 6.03 Å². The SMILES string of the molecule is COc1cccc(C(CNC(=O)Nc2cccc(Cl)c2)N2CCCC2)c1. The number of amides is 2. The van der Waals surface area contributed by atoms with Crippen molar-refractivity contribution >= 4 is 23.3 Å². The number of rotatable bonds is 6. The molecule has 0 aromatic heterocycles. The topological polar surface area (TPSA) is 53.6 Å². The van der Waals surface area contributed by atoms with Crippen molar-refractivity contribution < 1.29 is 9.53 Å². The van der Waals surface area contributed by atoms with Crippen LogP contribution in [-0.4, -0.2) is 37.7 Å². The lowest BCUT2D eigenvalue weighted by Crippen LogP contribution is -2.38. The Morgan fingerprint density at radius 2 is 1.96 bits per heavy atom. The zero-order valence-corrected chi connectivity index (χ0v) is 15.6. The van der Waals surface area contributed by atoms with Gasteiger partial charge in [-0.15, -0.1) is 0 Å². The zero-order chi connectivity index (χ0) is 18.4. The van der Waals surface area contributed by atoms with Crippen LogP contribution >= 0.6 is 11.6 Å². The van der Waals surface area contributed by atoms with Crippen molar-refractivity contribution in [3.63, 3.8) is 0 Å². The summed E-state index contributed by atoms with van der Waals surface area (Å²) in [7, 11) is 1.67. The molecule has 5 nitrogen and oxygen atoms in total. The van der Waals surface area contributed by atoms with E-state index in [0.717, 1.165) is 24.4 Å². The van der Waals surface area contributed by atoms with E-state index in [1.165, 1.54) is 12.8 Å². The monoisotopic (exact) mass is 373 g/mol. The molecule has 2 aromatic carbocycles. The minimum Gasteiger partial charge on any atom is -0.497 e. The lowest BCUT2D eigenvalue weighted by Gasteiger charge is -2.28. The van der Waals surface area contributed by atoms with Gasteiger partial charge in [0.25, 0.3) is 0 Å². The maximum atomic E-state index is 12.3. The number of nitrogens with one attached hydrogen (secondary N) is 2. The highest BCUT2D eigenvalue weighted by atomic mass is 35.5. The fraction of sp³-hybridized carbons (Fsp3) is 0.350. The van der Waals surface area contributed by atoms with Crippen LogP contribution in [0.3, 0.4) is 0 Å². The third kappa shape index (κ3) is 4.90. The third-order valence-electron chi connectivity index (χ3n) is 4.60. The number of methoxy groups -OCH3 is 1. The molecular weight excluding hydrogens is 350 g/mol. The van der Waals surface area contributed by atoms with Gasteiger partial charge in [-0.05, 0) is 61.8 Å². The molecule has 2 aromatic rings. The molecule has 0 radical (unpaired) electrons. The number of carbonyl (C=O) groups excluding carboxylic acids is 1. The van der Waals surface area contributed by atoms with E-state index in [2.05, 4.69) is 21.6 Å². The Bertz CT molecular complexity index is 747. The van der Waals surface area contributed by atoms with E-state index in [-0.39, 0.29) is 12.1 Å². The quantitative estimate of drug-likeness (QED) is 0.793. The molecule has 2 N–H and O–H groups in total. The van der Waals surface area contributed by atoms with Crippen molar-refractivity contribution in [2.75, 3.05) is 32.1 Å². The van der Waals surface area contributed by atoms with Crippen LogP contribution in [0.15, 0.2) is 48.5 Å². The highest BCUT2D eigenvalue weighted by Gasteiger charge is 2.24. The minimum atomic E-state index is -0.237. The molecule has 0 spiro atoms. The highest BCUT2D eigenvalue weighted by Crippen LogP contribution is 2.27. The van der Waals surface area contributed by atoms with Gasteiger partial charge in [0.05, 0.1) is 13.2 Å². The van der Waals surface area contributed by atoms with Gasteiger partial charge < -0.3 is 15.4 Å². The molecule has 1 saturated heterocycles. The fourth-order valence-electron chi connectivity index (χ4n) is 3.29. The van der Waals surface area contributed by atoms with Gasteiger partial charge in [-0.25, -0.2) is 4.79 Å². The Balaban J connectivity index is 1.66. The van der Waals surface area contributed by atoms with E-state index in [1.807, 2.05) is 24.3 Å². The number of hydrogen-bond acceptors (Lipinski definition) is 3. The molecule has 1 heterocycles.